The van der Waals surface area contributed by atoms with Crippen molar-refractivity contribution >= 4 is 33.4 Å². The van der Waals surface area contributed by atoms with Crippen molar-refractivity contribution in [3.8, 4) is 0 Å². The van der Waals surface area contributed by atoms with Crippen LogP contribution in [-0.2, 0) is 0 Å². The highest BCUT2D eigenvalue weighted by molar-refractivity contribution is 9.10. The van der Waals surface area contributed by atoms with Gasteiger partial charge in [-0.1, -0.05) is 12.1 Å². The standard InChI is InChI=1S/C16H15BrN2O2/c1-9-4-3-5-13(14(9)17)16(21)19-11-6-7-12(15(18)20)10(2)8-11/h3-8H,1-2H3,(H2,18,20)(H,19,21). The Balaban J connectivity index is 2.26. The molecule has 0 spiro atoms. The van der Waals surface area contributed by atoms with Gasteiger partial charge in [0.25, 0.3) is 5.91 Å². The topological polar surface area (TPSA) is 72.2 Å². The van der Waals surface area contributed by atoms with E-state index in [-0.39, 0.29) is 5.91 Å². The van der Waals surface area contributed by atoms with Crippen LogP contribution in [0.15, 0.2) is 40.9 Å². The molecule has 0 fully saturated rings. The molecule has 5 heteroatoms. The number of amides is 2. The molecular formula is C16H15BrN2O2. The molecule has 0 aliphatic heterocycles. The number of anilines is 1. The van der Waals surface area contributed by atoms with Crippen LogP contribution in [0.4, 0.5) is 5.69 Å². The maximum absolute atomic E-state index is 12.3. The van der Waals surface area contributed by atoms with Gasteiger partial charge in [0.05, 0.1) is 5.56 Å². The number of nitrogens with one attached hydrogen (secondary N) is 1. The summed E-state index contributed by atoms with van der Waals surface area (Å²) in [5, 5.41) is 2.81. The molecule has 4 nitrogen and oxygen atoms in total. The molecule has 0 bridgehead atoms. The molecule has 2 amide bonds. The predicted octanol–water partition coefficient (Wildman–Crippen LogP) is 3.42. The SMILES string of the molecule is Cc1cc(NC(=O)c2cccc(C)c2Br)ccc1C(N)=O. The van der Waals surface area contributed by atoms with Crippen molar-refractivity contribution in [1.82, 2.24) is 0 Å². The van der Waals surface area contributed by atoms with Crippen LogP contribution in [0.5, 0.6) is 0 Å². The van der Waals surface area contributed by atoms with E-state index in [2.05, 4.69) is 21.2 Å². The number of carbonyl (C=O) groups excluding carboxylic acids is 2. The van der Waals surface area contributed by atoms with Crippen molar-refractivity contribution in [2.24, 2.45) is 5.73 Å². The molecular weight excluding hydrogens is 332 g/mol. The number of halogens is 1. The van der Waals surface area contributed by atoms with Gasteiger partial charge >= 0.3 is 0 Å². The summed E-state index contributed by atoms with van der Waals surface area (Å²) in [7, 11) is 0. The Morgan fingerprint density at radius 1 is 1.05 bits per heavy atom. The Morgan fingerprint density at radius 2 is 1.76 bits per heavy atom. The summed E-state index contributed by atoms with van der Waals surface area (Å²) in [6.45, 7) is 3.70. The first-order valence-corrected chi connectivity index (χ1v) is 7.16. The Labute approximate surface area is 131 Å². The molecule has 0 radical (unpaired) electrons. The lowest BCUT2D eigenvalue weighted by molar-refractivity contribution is 0.0997. The summed E-state index contributed by atoms with van der Waals surface area (Å²) in [5.41, 5.74) is 8.61. The van der Waals surface area contributed by atoms with Gasteiger partial charge in [0, 0.05) is 15.7 Å². The molecule has 0 unspecified atom stereocenters. The van der Waals surface area contributed by atoms with Crippen molar-refractivity contribution in [3.63, 3.8) is 0 Å². The number of carbonyl (C=O) groups is 2. The van der Waals surface area contributed by atoms with Gasteiger partial charge in [0.15, 0.2) is 0 Å². The van der Waals surface area contributed by atoms with Gasteiger partial charge in [0.2, 0.25) is 5.91 Å². The summed E-state index contributed by atoms with van der Waals surface area (Å²) in [6, 6.07) is 10.5. The average molecular weight is 347 g/mol. The molecule has 0 aliphatic carbocycles. The van der Waals surface area contributed by atoms with Crippen molar-refractivity contribution < 1.29 is 9.59 Å². The quantitative estimate of drug-likeness (QED) is 0.893. The molecule has 2 rings (SSSR count). The first kappa shape index (κ1) is 15.3. The van der Waals surface area contributed by atoms with Gasteiger partial charge in [0.1, 0.15) is 0 Å². The smallest absolute Gasteiger partial charge is 0.256 e. The summed E-state index contributed by atoms with van der Waals surface area (Å²) in [4.78, 5) is 23.5. The molecule has 2 aromatic rings. The van der Waals surface area contributed by atoms with E-state index in [1.165, 1.54) is 0 Å². The second-order valence-corrected chi connectivity index (χ2v) is 5.58. The third kappa shape index (κ3) is 3.31. The number of aryl methyl sites for hydroxylation is 2. The maximum atomic E-state index is 12.3. The Hall–Kier alpha value is -2.14. The highest BCUT2D eigenvalue weighted by atomic mass is 79.9. The van der Waals surface area contributed by atoms with Crippen LogP contribution < -0.4 is 11.1 Å². The lowest BCUT2D eigenvalue weighted by Gasteiger charge is -2.10. The van der Waals surface area contributed by atoms with Crippen molar-refractivity contribution in [1.29, 1.82) is 0 Å². The lowest BCUT2D eigenvalue weighted by atomic mass is 10.1. The van der Waals surface area contributed by atoms with E-state index in [9.17, 15) is 9.59 Å². The first-order chi connectivity index (χ1) is 9.90. The molecule has 21 heavy (non-hydrogen) atoms. The van der Waals surface area contributed by atoms with E-state index in [0.717, 1.165) is 15.6 Å². The molecule has 0 aliphatic rings. The van der Waals surface area contributed by atoms with Crippen molar-refractivity contribution in [2.45, 2.75) is 13.8 Å². The van der Waals surface area contributed by atoms with E-state index in [4.69, 9.17) is 5.73 Å². The van der Waals surface area contributed by atoms with E-state index < -0.39 is 5.91 Å². The fourth-order valence-electron chi connectivity index (χ4n) is 2.04. The Bertz CT molecular complexity index is 726. The minimum Gasteiger partial charge on any atom is -0.366 e. The van der Waals surface area contributed by atoms with Crippen molar-refractivity contribution in [2.75, 3.05) is 5.32 Å². The van der Waals surface area contributed by atoms with Crippen LogP contribution in [0.1, 0.15) is 31.8 Å². The van der Waals surface area contributed by atoms with E-state index >= 15 is 0 Å². The van der Waals surface area contributed by atoms with Crippen LogP contribution in [0.2, 0.25) is 0 Å². The van der Waals surface area contributed by atoms with E-state index in [1.54, 1.807) is 31.2 Å². The first-order valence-electron chi connectivity index (χ1n) is 6.37. The van der Waals surface area contributed by atoms with Gasteiger partial charge in [-0.15, -0.1) is 0 Å². The average Bonchev–Trinajstić information content (AvgIpc) is 2.41. The number of rotatable bonds is 3. The number of benzene rings is 2. The Morgan fingerprint density at radius 3 is 2.38 bits per heavy atom. The van der Waals surface area contributed by atoms with Crippen molar-refractivity contribution in [3.05, 3.63) is 63.1 Å². The number of hydrogen-bond acceptors (Lipinski definition) is 2. The normalized spacial score (nSPS) is 10.2. The largest absolute Gasteiger partial charge is 0.366 e. The number of nitrogens with two attached hydrogens (primary N) is 1. The van der Waals surface area contributed by atoms with Gasteiger partial charge in [-0.3, -0.25) is 9.59 Å². The lowest BCUT2D eigenvalue weighted by Crippen LogP contribution is -2.15. The second-order valence-electron chi connectivity index (χ2n) is 4.78. The van der Waals surface area contributed by atoms with Crippen LogP contribution in [-0.4, -0.2) is 11.8 Å². The minimum atomic E-state index is -0.480. The molecule has 0 saturated heterocycles. The van der Waals surface area contributed by atoms with Crippen LogP contribution in [0.3, 0.4) is 0 Å². The molecule has 0 saturated carbocycles. The monoisotopic (exact) mass is 346 g/mol. The highest BCUT2D eigenvalue weighted by Gasteiger charge is 2.12. The molecule has 0 heterocycles. The zero-order valence-corrected chi connectivity index (χ0v) is 13.3. The predicted molar refractivity (Wildman–Crippen MR) is 86.5 cm³/mol. The number of primary amides is 1. The van der Waals surface area contributed by atoms with Crippen LogP contribution in [0, 0.1) is 13.8 Å². The Kier molecular flexibility index (Phi) is 4.43. The summed E-state index contributed by atoms with van der Waals surface area (Å²) in [5.74, 6) is -0.691. The molecule has 0 atom stereocenters. The van der Waals surface area contributed by atoms with Crippen LogP contribution >= 0.6 is 15.9 Å². The van der Waals surface area contributed by atoms with Gasteiger partial charge in [-0.25, -0.2) is 0 Å². The third-order valence-electron chi connectivity index (χ3n) is 3.19. The molecule has 0 aromatic heterocycles. The van der Waals surface area contributed by atoms with Gasteiger partial charge in [-0.05, 0) is 65.2 Å². The van der Waals surface area contributed by atoms with Gasteiger partial charge < -0.3 is 11.1 Å². The van der Waals surface area contributed by atoms with E-state index in [1.807, 2.05) is 19.1 Å². The molecule has 2 aromatic carbocycles. The summed E-state index contributed by atoms with van der Waals surface area (Å²) in [6.07, 6.45) is 0. The number of hydrogen-bond donors (Lipinski definition) is 2. The maximum Gasteiger partial charge on any atom is 0.256 e. The summed E-state index contributed by atoms with van der Waals surface area (Å²) >= 11 is 3.42. The van der Waals surface area contributed by atoms with Crippen LogP contribution in [0.25, 0.3) is 0 Å². The zero-order valence-electron chi connectivity index (χ0n) is 11.7. The fourth-order valence-corrected chi connectivity index (χ4v) is 2.48. The fraction of sp³-hybridized carbons (Fsp3) is 0.125. The van der Waals surface area contributed by atoms with Gasteiger partial charge in [-0.2, -0.15) is 0 Å². The summed E-state index contributed by atoms with van der Waals surface area (Å²) < 4.78 is 0.771. The zero-order chi connectivity index (χ0) is 15.6. The third-order valence-corrected chi connectivity index (χ3v) is 4.24. The minimum absolute atomic E-state index is 0.211. The second kappa shape index (κ2) is 6.10. The van der Waals surface area contributed by atoms with E-state index in [0.29, 0.717) is 16.8 Å². The molecule has 3 N–H and O–H groups in total. The molecule has 108 valence electrons. The highest BCUT2D eigenvalue weighted by Crippen LogP contribution is 2.23.